The van der Waals surface area contributed by atoms with Crippen molar-refractivity contribution in [2.45, 2.75) is 49.6 Å². The van der Waals surface area contributed by atoms with E-state index in [0.717, 1.165) is 16.9 Å². The molecule has 0 aromatic carbocycles. The monoisotopic (exact) mass is 240 g/mol. The Balaban J connectivity index is 2.00. The van der Waals surface area contributed by atoms with Crippen molar-refractivity contribution in [2.24, 2.45) is 5.92 Å². The number of aromatic nitrogens is 3. The number of nitrogens with zero attached hydrogens (tertiary/aromatic N) is 2. The molecule has 2 rings (SSSR count). The summed E-state index contributed by atoms with van der Waals surface area (Å²) >= 11 is 1.81. The van der Waals surface area contributed by atoms with Crippen LogP contribution >= 0.6 is 11.8 Å². The van der Waals surface area contributed by atoms with Crippen LogP contribution in [0.3, 0.4) is 0 Å². The molecule has 4 nitrogen and oxygen atoms in total. The van der Waals surface area contributed by atoms with Crippen molar-refractivity contribution in [2.75, 3.05) is 7.05 Å². The normalized spacial score (nSPS) is 30.6. The summed E-state index contributed by atoms with van der Waals surface area (Å²) < 4.78 is 0. The second kappa shape index (κ2) is 5.19. The maximum atomic E-state index is 4.37. The van der Waals surface area contributed by atoms with Crippen molar-refractivity contribution >= 4 is 11.8 Å². The molecule has 1 aliphatic rings. The second-order valence-electron chi connectivity index (χ2n) is 4.67. The quantitative estimate of drug-likeness (QED) is 0.848. The highest BCUT2D eigenvalue weighted by molar-refractivity contribution is 7.99. The fourth-order valence-electron chi connectivity index (χ4n) is 2.30. The van der Waals surface area contributed by atoms with E-state index in [9.17, 15) is 0 Å². The van der Waals surface area contributed by atoms with Gasteiger partial charge in [0, 0.05) is 11.3 Å². The molecular weight excluding hydrogens is 220 g/mol. The molecule has 1 aromatic heterocycles. The lowest BCUT2D eigenvalue weighted by molar-refractivity contribution is 0.329. The van der Waals surface area contributed by atoms with Crippen molar-refractivity contribution in [1.82, 2.24) is 20.5 Å². The predicted octanol–water partition coefficient (Wildman–Crippen LogP) is 1.98. The first-order chi connectivity index (χ1) is 7.69. The highest BCUT2D eigenvalue weighted by Gasteiger charge is 2.29. The Labute approximate surface area is 101 Å². The molecule has 90 valence electrons. The molecule has 0 saturated heterocycles. The summed E-state index contributed by atoms with van der Waals surface area (Å²) in [5.41, 5.74) is 0. The molecule has 1 aromatic rings. The molecule has 1 saturated carbocycles. The number of aromatic amines is 1. The van der Waals surface area contributed by atoms with Gasteiger partial charge in [-0.05, 0) is 39.2 Å². The lowest BCUT2D eigenvalue weighted by atomic mass is 9.87. The highest BCUT2D eigenvalue weighted by atomic mass is 32.2. The number of rotatable bonds is 3. The Morgan fingerprint density at radius 3 is 2.88 bits per heavy atom. The summed E-state index contributed by atoms with van der Waals surface area (Å²) in [6, 6.07) is 0.597. The molecule has 0 bridgehead atoms. The van der Waals surface area contributed by atoms with Gasteiger partial charge in [-0.1, -0.05) is 18.7 Å². The zero-order valence-electron chi connectivity index (χ0n) is 10.2. The summed E-state index contributed by atoms with van der Waals surface area (Å²) in [6.07, 6.45) is 3.85. The third-order valence-corrected chi connectivity index (χ3v) is 4.48. The van der Waals surface area contributed by atoms with E-state index >= 15 is 0 Å². The number of hydrogen-bond acceptors (Lipinski definition) is 4. The molecule has 16 heavy (non-hydrogen) atoms. The van der Waals surface area contributed by atoms with Crippen LogP contribution < -0.4 is 5.32 Å². The van der Waals surface area contributed by atoms with Crippen molar-refractivity contribution < 1.29 is 0 Å². The maximum absolute atomic E-state index is 4.37. The van der Waals surface area contributed by atoms with E-state index in [1.807, 2.05) is 6.92 Å². The third-order valence-electron chi connectivity index (χ3n) is 3.26. The Morgan fingerprint density at radius 2 is 2.25 bits per heavy atom. The zero-order chi connectivity index (χ0) is 11.5. The fraction of sp³-hybridized carbons (Fsp3) is 0.818. The molecule has 1 heterocycles. The molecule has 2 N–H and O–H groups in total. The summed E-state index contributed by atoms with van der Waals surface area (Å²) in [5.74, 6) is 1.72. The number of nitrogens with one attached hydrogen (secondary N) is 2. The van der Waals surface area contributed by atoms with Gasteiger partial charge in [0.05, 0.1) is 0 Å². The van der Waals surface area contributed by atoms with Gasteiger partial charge >= 0.3 is 0 Å². The number of hydrogen-bond donors (Lipinski definition) is 2. The van der Waals surface area contributed by atoms with E-state index in [-0.39, 0.29) is 0 Å². The predicted molar refractivity (Wildman–Crippen MR) is 66.6 cm³/mol. The molecule has 0 amide bonds. The summed E-state index contributed by atoms with van der Waals surface area (Å²) in [4.78, 5) is 4.37. The van der Waals surface area contributed by atoms with E-state index in [1.54, 1.807) is 11.8 Å². The van der Waals surface area contributed by atoms with Crippen LogP contribution in [0, 0.1) is 12.8 Å². The van der Waals surface area contributed by atoms with Crippen LogP contribution in [0.5, 0.6) is 0 Å². The Bertz CT molecular complexity index is 338. The summed E-state index contributed by atoms with van der Waals surface area (Å²) in [5, 5.41) is 12.0. The number of thioether (sulfide) groups is 1. The van der Waals surface area contributed by atoms with Crippen LogP contribution in [0.15, 0.2) is 5.16 Å². The highest BCUT2D eigenvalue weighted by Crippen LogP contribution is 2.34. The van der Waals surface area contributed by atoms with Crippen LogP contribution in [0.4, 0.5) is 0 Å². The van der Waals surface area contributed by atoms with Crippen LogP contribution in [-0.2, 0) is 0 Å². The van der Waals surface area contributed by atoms with Gasteiger partial charge in [-0.15, -0.1) is 5.10 Å². The minimum absolute atomic E-state index is 0.597. The fourth-order valence-corrected chi connectivity index (χ4v) is 3.72. The first-order valence-corrected chi connectivity index (χ1v) is 6.80. The smallest absolute Gasteiger partial charge is 0.208 e. The van der Waals surface area contributed by atoms with Crippen molar-refractivity contribution in [1.29, 1.82) is 0 Å². The average Bonchev–Trinajstić information content (AvgIpc) is 2.64. The van der Waals surface area contributed by atoms with Gasteiger partial charge in [0.2, 0.25) is 5.16 Å². The SMILES string of the molecule is CNC1CCC(C)CC1Sc1n[nH]c(C)n1. The minimum atomic E-state index is 0.597. The van der Waals surface area contributed by atoms with Gasteiger partial charge in [-0.2, -0.15) is 0 Å². The Kier molecular flexibility index (Phi) is 3.86. The van der Waals surface area contributed by atoms with E-state index in [4.69, 9.17) is 0 Å². The second-order valence-corrected chi connectivity index (χ2v) is 5.88. The Hall–Kier alpha value is -0.550. The van der Waals surface area contributed by atoms with Crippen LogP contribution in [0.25, 0.3) is 0 Å². The third kappa shape index (κ3) is 2.77. The lowest BCUT2D eigenvalue weighted by Gasteiger charge is -2.33. The molecule has 0 spiro atoms. The lowest BCUT2D eigenvalue weighted by Crippen LogP contribution is -2.40. The number of H-pyrrole nitrogens is 1. The van der Waals surface area contributed by atoms with E-state index in [2.05, 4.69) is 34.5 Å². The average molecular weight is 240 g/mol. The molecule has 3 atom stereocenters. The molecule has 0 aliphatic heterocycles. The largest absolute Gasteiger partial charge is 0.316 e. The van der Waals surface area contributed by atoms with Crippen molar-refractivity contribution in [3.8, 4) is 0 Å². The van der Waals surface area contributed by atoms with Gasteiger partial charge < -0.3 is 5.32 Å². The molecular formula is C11H20N4S. The molecule has 5 heteroatoms. The molecule has 3 unspecified atom stereocenters. The van der Waals surface area contributed by atoms with E-state index in [0.29, 0.717) is 11.3 Å². The topological polar surface area (TPSA) is 53.6 Å². The molecule has 1 fully saturated rings. The Morgan fingerprint density at radius 1 is 1.44 bits per heavy atom. The van der Waals surface area contributed by atoms with Gasteiger partial charge in [0.1, 0.15) is 5.82 Å². The zero-order valence-corrected chi connectivity index (χ0v) is 11.0. The minimum Gasteiger partial charge on any atom is -0.316 e. The van der Waals surface area contributed by atoms with Gasteiger partial charge in [-0.3, -0.25) is 5.10 Å². The van der Waals surface area contributed by atoms with Gasteiger partial charge in [0.15, 0.2) is 0 Å². The van der Waals surface area contributed by atoms with Gasteiger partial charge in [0.25, 0.3) is 0 Å². The van der Waals surface area contributed by atoms with Crippen molar-refractivity contribution in [3.63, 3.8) is 0 Å². The first-order valence-electron chi connectivity index (χ1n) is 5.92. The van der Waals surface area contributed by atoms with E-state index in [1.165, 1.54) is 19.3 Å². The van der Waals surface area contributed by atoms with Gasteiger partial charge in [-0.25, -0.2) is 4.98 Å². The van der Waals surface area contributed by atoms with Crippen molar-refractivity contribution in [3.05, 3.63) is 5.82 Å². The molecule has 0 radical (unpaired) electrons. The summed E-state index contributed by atoms with van der Waals surface area (Å²) in [7, 11) is 2.05. The van der Waals surface area contributed by atoms with E-state index < -0.39 is 0 Å². The van der Waals surface area contributed by atoms with Crippen LogP contribution in [0.1, 0.15) is 32.0 Å². The van der Waals surface area contributed by atoms with Crippen LogP contribution in [0.2, 0.25) is 0 Å². The van der Waals surface area contributed by atoms with Crippen LogP contribution in [-0.4, -0.2) is 33.5 Å². The maximum Gasteiger partial charge on any atom is 0.208 e. The summed E-state index contributed by atoms with van der Waals surface area (Å²) in [6.45, 7) is 4.28. The standard InChI is InChI=1S/C11H20N4S/c1-7-4-5-9(12-3)10(6-7)16-11-13-8(2)14-15-11/h7,9-10,12H,4-6H2,1-3H3,(H,13,14,15). The number of aryl methyl sites for hydroxylation is 1. The first kappa shape index (κ1) is 11.9. The molecule has 1 aliphatic carbocycles.